The number of nitrogens with two attached hydrogens (primary N) is 1. The highest BCUT2D eigenvalue weighted by Gasteiger charge is 2.14. The van der Waals surface area contributed by atoms with E-state index in [1.54, 1.807) is 6.20 Å². The fourth-order valence-corrected chi connectivity index (χ4v) is 1.83. The molecule has 0 saturated heterocycles. The maximum absolute atomic E-state index is 11.5. The van der Waals surface area contributed by atoms with Gasteiger partial charge in [-0.15, -0.1) is 0 Å². The van der Waals surface area contributed by atoms with E-state index in [0.29, 0.717) is 6.42 Å². The molecule has 0 fully saturated rings. The third-order valence-corrected chi connectivity index (χ3v) is 3.01. The Balaban J connectivity index is 2.24. The average Bonchev–Trinajstić information content (AvgIpc) is 2.75. The molecule has 0 spiro atoms. The van der Waals surface area contributed by atoms with Crippen LogP contribution in [0.2, 0.25) is 0 Å². The monoisotopic (exact) mass is 277 g/mol. The highest BCUT2D eigenvalue weighted by molar-refractivity contribution is 7.85. The van der Waals surface area contributed by atoms with Gasteiger partial charge in [0, 0.05) is 24.9 Å². The Morgan fingerprint density at radius 3 is 2.89 bits per heavy atom. The molecule has 0 aliphatic carbocycles. The second-order valence-electron chi connectivity index (χ2n) is 3.82. The number of carbonyl (C=O) groups is 1. The molecule has 0 bridgehead atoms. The number of imidazole rings is 1. The number of amides is 1. The van der Waals surface area contributed by atoms with E-state index in [4.69, 9.17) is 10.3 Å². The van der Waals surface area contributed by atoms with Gasteiger partial charge in [0.2, 0.25) is 5.91 Å². The Hall–Kier alpha value is -1.45. The van der Waals surface area contributed by atoms with Crippen LogP contribution in [-0.2, 0) is 21.3 Å². The summed E-state index contributed by atoms with van der Waals surface area (Å²) in [6.45, 7) is 0.148. The smallest absolute Gasteiger partial charge is 0.264 e. The lowest BCUT2D eigenvalue weighted by Gasteiger charge is -2.10. The van der Waals surface area contributed by atoms with Crippen LogP contribution in [0.1, 0.15) is 12.1 Å². The average molecular weight is 277 g/mol. The molecule has 102 valence electrons. The summed E-state index contributed by atoms with van der Waals surface area (Å²) in [5, 5.41) is 2.49. The fraction of sp³-hybridized carbons (Fsp3) is 0.556. The number of nitrogens with one attached hydrogen (secondary N) is 2. The van der Waals surface area contributed by atoms with Crippen LogP contribution in [0.3, 0.4) is 0 Å². The summed E-state index contributed by atoms with van der Waals surface area (Å²) >= 11 is 0. The molecule has 5 N–H and O–H groups in total. The lowest BCUT2D eigenvalue weighted by molar-refractivity contribution is -0.122. The molecule has 8 nitrogen and oxygen atoms in total. The second-order valence-corrected chi connectivity index (χ2v) is 5.39. The number of aromatic amines is 1. The topological polar surface area (TPSA) is 138 Å². The van der Waals surface area contributed by atoms with E-state index < -0.39 is 16.2 Å². The van der Waals surface area contributed by atoms with Gasteiger partial charge in [0.1, 0.15) is 0 Å². The number of hydrogen-bond acceptors (Lipinski definition) is 5. The van der Waals surface area contributed by atoms with Crippen LogP contribution in [0.15, 0.2) is 12.5 Å². The standard InChI is InChI=1S/C9H16N4O4S/c10-8(4-7-5-11-6-13-7)9(14)12-2-1-3-18(15,16)17/h5-6,8H,1-4,10H2,(H,11,13)(H,12,14)(H,15,16,17)/t8-/m0/s1/i9+1. The summed E-state index contributed by atoms with van der Waals surface area (Å²) in [4.78, 5) is 18.1. The first-order valence-electron chi connectivity index (χ1n) is 5.34. The Kier molecular flexibility index (Phi) is 5.25. The van der Waals surface area contributed by atoms with Crippen LogP contribution >= 0.6 is 0 Å². The predicted octanol–water partition coefficient (Wildman–Crippen LogP) is -1.33. The first kappa shape index (κ1) is 14.6. The van der Waals surface area contributed by atoms with E-state index >= 15 is 0 Å². The normalized spacial score (nSPS) is 13.2. The molecule has 0 aliphatic heterocycles. The molecule has 18 heavy (non-hydrogen) atoms. The minimum absolute atomic E-state index is 0.140. The van der Waals surface area contributed by atoms with Gasteiger partial charge in [-0.3, -0.25) is 9.35 Å². The summed E-state index contributed by atoms with van der Waals surface area (Å²) in [5.74, 6) is -0.761. The number of nitrogens with zero attached hydrogens (tertiary/aromatic N) is 1. The van der Waals surface area contributed by atoms with E-state index in [1.165, 1.54) is 6.33 Å². The molecule has 0 saturated carbocycles. The Morgan fingerprint density at radius 1 is 1.61 bits per heavy atom. The lowest BCUT2D eigenvalue weighted by Crippen LogP contribution is -2.42. The maximum atomic E-state index is 11.5. The van der Waals surface area contributed by atoms with Gasteiger partial charge in [-0.05, 0) is 6.42 Å². The fourth-order valence-electron chi connectivity index (χ4n) is 1.32. The van der Waals surface area contributed by atoms with Crippen molar-refractivity contribution < 1.29 is 17.8 Å². The number of rotatable bonds is 7. The van der Waals surface area contributed by atoms with Crippen LogP contribution in [0.4, 0.5) is 0 Å². The first-order valence-corrected chi connectivity index (χ1v) is 6.95. The number of hydrogen-bond donors (Lipinski definition) is 4. The molecule has 0 radical (unpaired) electrons. The highest BCUT2D eigenvalue weighted by atomic mass is 32.2. The van der Waals surface area contributed by atoms with Crippen molar-refractivity contribution in [2.75, 3.05) is 12.3 Å². The van der Waals surface area contributed by atoms with Crippen LogP contribution in [0.5, 0.6) is 0 Å². The van der Waals surface area contributed by atoms with Crippen LogP contribution in [0.25, 0.3) is 0 Å². The minimum Gasteiger partial charge on any atom is -0.355 e. The van der Waals surface area contributed by atoms with Crippen molar-refractivity contribution in [3.05, 3.63) is 18.2 Å². The van der Waals surface area contributed by atoms with E-state index in [1.807, 2.05) is 0 Å². The van der Waals surface area contributed by atoms with Crippen LogP contribution in [-0.4, -0.2) is 47.2 Å². The SMILES string of the molecule is N[C@@H](Cc1cnc[nH]1)[13C](=O)NCCCS(=O)(=O)O. The van der Waals surface area contributed by atoms with Gasteiger partial charge in [-0.25, -0.2) is 4.98 Å². The summed E-state index contributed by atoms with van der Waals surface area (Å²) < 4.78 is 29.3. The molecule has 0 aromatic carbocycles. The zero-order valence-electron chi connectivity index (χ0n) is 9.67. The Morgan fingerprint density at radius 2 is 2.33 bits per heavy atom. The molecule has 1 rings (SSSR count). The number of aromatic nitrogens is 2. The van der Waals surface area contributed by atoms with Gasteiger partial charge in [-0.2, -0.15) is 8.42 Å². The van der Waals surface area contributed by atoms with Crippen molar-refractivity contribution in [1.82, 2.24) is 15.3 Å². The maximum Gasteiger partial charge on any atom is 0.264 e. The van der Waals surface area contributed by atoms with E-state index in [9.17, 15) is 13.2 Å². The van der Waals surface area contributed by atoms with Gasteiger partial charge in [-0.1, -0.05) is 0 Å². The Labute approximate surface area is 105 Å². The summed E-state index contributed by atoms with van der Waals surface area (Å²) in [7, 11) is -3.98. The molecule has 1 aromatic heterocycles. The van der Waals surface area contributed by atoms with E-state index in [2.05, 4.69) is 15.3 Å². The van der Waals surface area contributed by atoms with Crippen molar-refractivity contribution in [2.24, 2.45) is 5.73 Å². The zero-order chi connectivity index (χ0) is 13.6. The third-order valence-electron chi connectivity index (χ3n) is 2.21. The van der Waals surface area contributed by atoms with Gasteiger partial charge >= 0.3 is 0 Å². The predicted molar refractivity (Wildman–Crippen MR) is 64.3 cm³/mol. The van der Waals surface area contributed by atoms with Crippen molar-refractivity contribution in [3.8, 4) is 0 Å². The van der Waals surface area contributed by atoms with Gasteiger partial charge < -0.3 is 16.0 Å². The third kappa shape index (κ3) is 5.75. The second kappa shape index (κ2) is 6.47. The minimum atomic E-state index is -3.98. The summed E-state index contributed by atoms with van der Waals surface area (Å²) in [6, 6.07) is -0.726. The molecule has 1 atom stereocenters. The van der Waals surface area contributed by atoms with Crippen molar-refractivity contribution in [3.63, 3.8) is 0 Å². The zero-order valence-corrected chi connectivity index (χ0v) is 10.5. The van der Waals surface area contributed by atoms with Crippen molar-refractivity contribution >= 4 is 16.0 Å². The number of H-pyrrole nitrogens is 1. The molecular formula is C9H16N4O4S. The largest absolute Gasteiger partial charge is 0.355 e. The van der Waals surface area contributed by atoms with Gasteiger partial charge in [0.15, 0.2) is 0 Å². The highest BCUT2D eigenvalue weighted by Crippen LogP contribution is 1.96. The van der Waals surface area contributed by atoms with Crippen molar-refractivity contribution in [2.45, 2.75) is 18.9 Å². The Bertz CT molecular complexity index is 471. The lowest BCUT2D eigenvalue weighted by atomic mass is 10.2. The van der Waals surface area contributed by atoms with E-state index in [-0.39, 0.29) is 24.6 Å². The summed E-state index contributed by atoms with van der Waals surface area (Å²) in [6.07, 6.45) is 3.53. The van der Waals surface area contributed by atoms with Gasteiger partial charge in [0.05, 0.1) is 18.1 Å². The van der Waals surface area contributed by atoms with E-state index in [0.717, 1.165) is 5.69 Å². The molecule has 1 amide bonds. The molecule has 1 aromatic rings. The van der Waals surface area contributed by atoms with Crippen LogP contribution in [0, 0.1) is 0 Å². The van der Waals surface area contributed by atoms with Gasteiger partial charge in [0.25, 0.3) is 10.1 Å². The first-order chi connectivity index (χ1) is 8.38. The summed E-state index contributed by atoms with van der Waals surface area (Å²) in [5.41, 5.74) is 6.39. The molecule has 0 aliphatic rings. The molecular weight excluding hydrogens is 261 g/mol. The van der Waals surface area contributed by atoms with Crippen molar-refractivity contribution in [1.29, 1.82) is 0 Å². The quantitative estimate of drug-likeness (QED) is 0.277. The molecule has 1 heterocycles. The molecule has 0 unspecified atom stereocenters. The van der Waals surface area contributed by atoms with Crippen LogP contribution < -0.4 is 11.1 Å². The number of carbonyl (C=O) groups excluding carboxylic acids is 1. The molecule has 9 heteroatoms.